The SMILES string of the molecule is S=C(NC1CCCCCCC1)NC1CC2CCC1C2. The van der Waals surface area contributed by atoms with E-state index in [4.69, 9.17) is 12.2 Å². The second kappa shape index (κ2) is 6.43. The Hall–Kier alpha value is -0.310. The fourth-order valence-electron chi connectivity index (χ4n) is 4.42. The van der Waals surface area contributed by atoms with E-state index in [0.717, 1.165) is 16.9 Å². The Morgan fingerprint density at radius 1 is 0.789 bits per heavy atom. The molecule has 0 saturated heterocycles. The van der Waals surface area contributed by atoms with Crippen molar-refractivity contribution in [1.82, 2.24) is 10.6 Å². The van der Waals surface area contributed by atoms with Gasteiger partial charge >= 0.3 is 0 Å². The first-order valence-corrected chi connectivity index (χ1v) is 8.79. The maximum Gasteiger partial charge on any atom is 0.166 e. The van der Waals surface area contributed by atoms with Crippen molar-refractivity contribution in [3.8, 4) is 0 Å². The van der Waals surface area contributed by atoms with Gasteiger partial charge in [-0.1, -0.05) is 38.5 Å². The summed E-state index contributed by atoms with van der Waals surface area (Å²) in [4.78, 5) is 0. The maximum absolute atomic E-state index is 5.54. The molecule has 3 atom stereocenters. The molecule has 3 aliphatic carbocycles. The Morgan fingerprint density at radius 3 is 2.16 bits per heavy atom. The fraction of sp³-hybridized carbons (Fsp3) is 0.938. The zero-order valence-corrected chi connectivity index (χ0v) is 12.8. The topological polar surface area (TPSA) is 24.1 Å². The predicted octanol–water partition coefficient (Wildman–Crippen LogP) is 3.75. The summed E-state index contributed by atoms with van der Waals surface area (Å²) < 4.78 is 0. The molecule has 3 rings (SSSR count). The summed E-state index contributed by atoms with van der Waals surface area (Å²) in [6, 6.07) is 1.30. The molecular formula is C16H28N2S. The molecule has 0 aromatic heterocycles. The van der Waals surface area contributed by atoms with E-state index in [1.807, 2.05) is 0 Å². The number of hydrogen-bond donors (Lipinski definition) is 2. The van der Waals surface area contributed by atoms with Crippen LogP contribution in [0.1, 0.15) is 70.6 Å². The maximum atomic E-state index is 5.54. The molecule has 2 N–H and O–H groups in total. The van der Waals surface area contributed by atoms with Crippen molar-refractivity contribution in [2.24, 2.45) is 11.8 Å². The molecule has 3 aliphatic rings. The van der Waals surface area contributed by atoms with Crippen LogP contribution in [-0.4, -0.2) is 17.2 Å². The monoisotopic (exact) mass is 280 g/mol. The van der Waals surface area contributed by atoms with Gasteiger partial charge in [0.2, 0.25) is 0 Å². The summed E-state index contributed by atoms with van der Waals surface area (Å²) in [6.45, 7) is 0. The summed E-state index contributed by atoms with van der Waals surface area (Å²) in [5.74, 6) is 1.90. The van der Waals surface area contributed by atoms with Crippen molar-refractivity contribution in [2.45, 2.75) is 82.7 Å². The summed E-state index contributed by atoms with van der Waals surface area (Å²) in [5.41, 5.74) is 0. The Kier molecular flexibility index (Phi) is 4.62. The standard InChI is InChI=1S/C16H28N2S/c19-16(17-14-6-4-2-1-3-5-7-14)18-15-11-12-8-9-13(15)10-12/h12-15H,1-11H2,(H2,17,18,19). The first-order valence-electron chi connectivity index (χ1n) is 8.38. The van der Waals surface area contributed by atoms with Gasteiger partial charge in [0.05, 0.1) is 0 Å². The van der Waals surface area contributed by atoms with Crippen LogP contribution in [0.25, 0.3) is 0 Å². The molecule has 3 heteroatoms. The molecule has 0 spiro atoms. The molecule has 0 heterocycles. The number of thiocarbonyl (C=S) groups is 1. The largest absolute Gasteiger partial charge is 0.360 e. The molecule has 0 aliphatic heterocycles. The number of hydrogen-bond acceptors (Lipinski definition) is 1. The Bertz CT molecular complexity index is 310. The highest BCUT2D eigenvalue weighted by molar-refractivity contribution is 7.80. The van der Waals surface area contributed by atoms with Crippen LogP contribution >= 0.6 is 12.2 Å². The quantitative estimate of drug-likeness (QED) is 0.753. The second-order valence-electron chi connectivity index (χ2n) is 6.94. The lowest BCUT2D eigenvalue weighted by Gasteiger charge is -2.28. The Labute approximate surface area is 123 Å². The average Bonchev–Trinajstić information content (AvgIpc) is 2.94. The van der Waals surface area contributed by atoms with E-state index in [9.17, 15) is 0 Å². The van der Waals surface area contributed by atoms with Crippen molar-refractivity contribution in [3.63, 3.8) is 0 Å². The number of nitrogens with one attached hydrogen (secondary N) is 2. The molecule has 3 fully saturated rings. The third-order valence-electron chi connectivity index (χ3n) is 5.49. The molecule has 0 amide bonds. The van der Waals surface area contributed by atoms with Gasteiger partial charge in [-0.2, -0.15) is 0 Å². The molecule has 19 heavy (non-hydrogen) atoms. The van der Waals surface area contributed by atoms with E-state index in [1.54, 1.807) is 0 Å². The summed E-state index contributed by atoms with van der Waals surface area (Å²) >= 11 is 5.54. The highest BCUT2D eigenvalue weighted by Crippen LogP contribution is 2.44. The summed E-state index contributed by atoms with van der Waals surface area (Å²) in [5, 5.41) is 8.14. The number of fused-ring (bicyclic) bond motifs is 2. The molecule has 108 valence electrons. The van der Waals surface area contributed by atoms with Crippen molar-refractivity contribution >= 4 is 17.3 Å². The minimum Gasteiger partial charge on any atom is -0.360 e. The van der Waals surface area contributed by atoms with Crippen LogP contribution in [-0.2, 0) is 0 Å². The molecule has 2 nitrogen and oxygen atoms in total. The lowest BCUT2D eigenvalue weighted by Crippen LogP contribution is -2.47. The van der Waals surface area contributed by atoms with Crippen molar-refractivity contribution in [1.29, 1.82) is 0 Å². The third kappa shape index (κ3) is 3.62. The normalized spacial score (nSPS) is 35.7. The highest BCUT2D eigenvalue weighted by Gasteiger charge is 2.39. The minimum absolute atomic E-state index is 0.624. The van der Waals surface area contributed by atoms with Crippen LogP contribution in [0.3, 0.4) is 0 Å². The van der Waals surface area contributed by atoms with E-state index in [1.165, 1.54) is 70.6 Å². The van der Waals surface area contributed by atoms with Gasteiger partial charge in [-0.05, 0) is 56.2 Å². The second-order valence-corrected chi connectivity index (χ2v) is 7.35. The van der Waals surface area contributed by atoms with Gasteiger partial charge in [0.15, 0.2) is 5.11 Å². The first kappa shape index (κ1) is 13.7. The molecule has 2 bridgehead atoms. The van der Waals surface area contributed by atoms with Crippen LogP contribution in [0.2, 0.25) is 0 Å². The smallest absolute Gasteiger partial charge is 0.166 e. The lowest BCUT2D eigenvalue weighted by atomic mass is 9.95. The molecular weight excluding hydrogens is 252 g/mol. The molecule has 0 aromatic carbocycles. The Balaban J connectivity index is 1.42. The van der Waals surface area contributed by atoms with Crippen LogP contribution < -0.4 is 10.6 Å². The van der Waals surface area contributed by atoms with Crippen molar-refractivity contribution in [2.75, 3.05) is 0 Å². The molecule has 0 aromatic rings. The van der Waals surface area contributed by atoms with Gasteiger partial charge < -0.3 is 10.6 Å². The van der Waals surface area contributed by atoms with Gasteiger partial charge in [0.25, 0.3) is 0 Å². The highest BCUT2D eigenvalue weighted by atomic mass is 32.1. The van der Waals surface area contributed by atoms with E-state index >= 15 is 0 Å². The van der Waals surface area contributed by atoms with Gasteiger partial charge in [-0.25, -0.2) is 0 Å². The zero-order valence-electron chi connectivity index (χ0n) is 12.0. The van der Waals surface area contributed by atoms with Crippen molar-refractivity contribution in [3.05, 3.63) is 0 Å². The van der Waals surface area contributed by atoms with Crippen LogP contribution in [0.15, 0.2) is 0 Å². The third-order valence-corrected chi connectivity index (χ3v) is 5.73. The van der Waals surface area contributed by atoms with Crippen LogP contribution in [0, 0.1) is 11.8 Å². The Morgan fingerprint density at radius 2 is 1.53 bits per heavy atom. The van der Waals surface area contributed by atoms with E-state index in [0.29, 0.717) is 12.1 Å². The van der Waals surface area contributed by atoms with Crippen LogP contribution in [0.4, 0.5) is 0 Å². The lowest BCUT2D eigenvalue weighted by molar-refractivity contribution is 0.382. The van der Waals surface area contributed by atoms with Gasteiger partial charge in [-0.15, -0.1) is 0 Å². The predicted molar refractivity (Wildman–Crippen MR) is 84.2 cm³/mol. The van der Waals surface area contributed by atoms with Crippen molar-refractivity contribution < 1.29 is 0 Å². The number of rotatable bonds is 2. The van der Waals surface area contributed by atoms with Gasteiger partial charge in [0.1, 0.15) is 0 Å². The fourth-order valence-corrected chi connectivity index (χ4v) is 4.74. The average molecular weight is 280 g/mol. The first-order chi connectivity index (χ1) is 9.31. The molecule has 0 radical (unpaired) electrons. The summed E-state index contributed by atoms with van der Waals surface area (Å²) in [6.07, 6.45) is 15.3. The minimum atomic E-state index is 0.624. The zero-order chi connectivity index (χ0) is 13.1. The molecule has 3 saturated carbocycles. The molecule has 3 unspecified atom stereocenters. The van der Waals surface area contributed by atoms with Gasteiger partial charge in [0, 0.05) is 12.1 Å². The van der Waals surface area contributed by atoms with E-state index < -0.39 is 0 Å². The van der Waals surface area contributed by atoms with E-state index in [2.05, 4.69) is 10.6 Å². The van der Waals surface area contributed by atoms with Crippen LogP contribution in [0.5, 0.6) is 0 Å². The summed E-state index contributed by atoms with van der Waals surface area (Å²) in [7, 11) is 0. The van der Waals surface area contributed by atoms with E-state index in [-0.39, 0.29) is 0 Å². The van der Waals surface area contributed by atoms with Gasteiger partial charge in [-0.3, -0.25) is 0 Å².